The molecule has 2 atom stereocenters. The third-order valence-electron chi connectivity index (χ3n) is 6.44. The number of nitrogens with zero attached hydrogens (tertiary/aromatic N) is 3. The number of cyclic esters (lactones) is 1. The van der Waals surface area contributed by atoms with E-state index in [1.807, 2.05) is 18.2 Å². The smallest absolute Gasteiger partial charge is 0.342 e. The average Bonchev–Trinajstić information content (AvgIpc) is 2.90. The quantitative estimate of drug-likeness (QED) is 0.168. The summed E-state index contributed by atoms with van der Waals surface area (Å²) in [6, 6.07) is 2.48. The molecule has 1 aromatic carbocycles. The van der Waals surface area contributed by atoms with Crippen molar-refractivity contribution in [2.45, 2.75) is 64.1 Å². The molecule has 39 heavy (non-hydrogen) atoms. The summed E-state index contributed by atoms with van der Waals surface area (Å²) < 4.78 is 11.6. The van der Waals surface area contributed by atoms with Crippen LogP contribution >= 0.6 is 0 Å². The van der Waals surface area contributed by atoms with E-state index in [1.165, 1.54) is 6.07 Å². The molecule has 1 fully saturated rings. The molecule has 0 saturated carbocycles. The number of hydrogen-bond donors (Lipinski definition) is 2. The standard InChI is InChI=1S/C29H39N3O7/c1-21-9-6-11-25(37-16-8-13-30-2)12-7-10-23(31-38-20-27(35)32-14-4-3-5-15-32)17-22-18-24(33)19-26(34)28(22)29(36)39-21/h6-7,10-11,18-19,21,25,33-34H,2-5,8-9,12-17,20H2,1H3/b10-7+,11-6+,31-23-/t21-,25?/m1/s1. The number of piperidine rings is 1. The van der Waals surface area contributed by atoms with Gasteiger partial charge in [-0.3, -0.25) is 4.79 Å². The first-order chi connectivity index (χ1) is 18.9. The maximum absolute atomic E-state index is 13.0. The molecule has 0 aromatic heterocycles. The van der Waals surface area contributed by atoms with Gasteiger partial charge in [-0.2, -0.15) is 0 Å². The van der Waals surface area contributed by atoms with Gasteiger partial charge in [0.05, 0.1) is 11.8 Å². The number of fused-ring (bicyclic) bond motifs is 1. The van der Waals surface area contributed by atoms with Crippen LogP contribution < -0.4 is 0 Å². The van der Waals surface area contributed by atoms with E-state index in [-0.39, 0.29) is 36.4 Å². The van der Waals surface area contributed by atoms with Crippen LogP contribution in [0.2, 0.25) is 0 Å². The van der Waals surface area contributed by atoms with Crippen molar-refractivity contribution in [3.05, 3.63) is 47.6 Å². The predicted octanol–water partition coefficient (Wildman–Crippen LogP) is 3.95. The van der Waals surface area contributed by atoms with Crippen LogP contribution in [0.1, 0.15) is 61.4 Å². The highest BCUT2D eigenvalue weighted by Gasteiger charge is 2.23. The SMILES string of the molecule is C=NCCCOC1/C=C/C[C@@H](C)OC(=O)c2c(O)cc(O)cc2CC(=N\OCC(=O)N2CCCCC2)/C=C/C1. The largest absolute Gasteiger partial charge is 0.508 e. The molecule has 0 radical (unpaired) electrons. The number of hydrogen-bond acceptors (Lipinski definition) is 9. The summed E-state index contributed by atoms with van der Waals surface area (Å²) in [7, 11) is 0. The van der Waals surface area contributed by atoms with Gasteiger partial charge in [0.1, 0.15) is 23.2 Å². The number of phenols is 2. The summed E-state index contributed by atoms with van der Waals surface area (Å²) in [6.45, 7) is 7.59. The number of likely N-dealkylation sites (tertiary alicyclic amines) is 1. The average molecular weight is 542 g/mol. The van der Waals surface area contributed by atoms with Gasteiger partial charge >= 0.3 is 5.97 Å². The summed E-state index contributed by atoms with van der Waals surface area (Å²) in [6.07, 6.45) is 11.6. The lowest BCUT2D eigenvalue weighted by Gasteiger charge is -2.26. The molecule has 1 unspecified atom stereocenters. The second-order valence-corrected chi connectivity index (χ2v) is 9.70. The second-order valence-electron chi connectivity index (χ2n) is 9.70. The van der Waals surface area contributed by atoms with E-state index in [0.717, 1.165) is 31.7 Å². The highest BCUT2D eigenvalue weighted by atomic mass is 16.6. The van der Waals surface area contributed by atoms with Crippen molar-refractivity contribution in [2.24, 2.45) is 10.1 Å². The molecule has 10 heteroatoms. The first-order valence-corrected chi connectivity index (χ1v) is 13.5. The van der Waals surface area contributed by atoms with E-state index in [9.17, 15) is 19.8 Å². The monoisotopic (exact) mass is 541 g/mol. The Morgan fingerprint density at radius 3 is 2.74 bits per heavy atom. The fourth-order valence-electron chi connectivity index (χ4n) is 4.43. The Morgan fingerprint density at radius 2 is 1.97 bits per heavy atom. The number of aromatic hydroxyl groups is 2. The maximum atomic E-state index is 13.0. The Kier molecular flexibility index (Phi) is 12.0. The molecule has 1 aromatic rings. The van der Waals surface area contributed by atoms with Crippen molar-refractivity contribution in [1.82, 2.24) is 4.90 Å². The fourth-order valence-corrected chi connectivity index (χ4v) is 4.43. The van der Waals surface area contributed by atoms with Crippen molar-refractivity contribution in [2.75, 3.05) is 32.8 Å². The van der Waals surface area contributed by atoms with Gasteiger partial charge in [0.2, 0.25) is 0 Å². The Labute approximate surface area is 229 Å². The molecule has 1 amide bonds. The number of benzene rings is 1. The van der Waals surface area contributed by atoms with E-state index < -0.39 is 17.8 Å². The van der Waals surface area contributed by atoms with Crippen molar-refractivity contribution in [3.63, 3.8) is 0 Å². The highest BCUT2D eigenvalue weighted by Crippen LogP contribution is 2.29. The van der Waals surface area contributed by atoms with Gasteiger partial charge in [-0.05, 0) is 63.5 Å². The zero-order valence-electron chi connectivity index (χ0n) is 22.6. The molecule has 0 aliphatic carbocycles. The maximum Gasteiger partial charge on any atom is 0.342 e. The number of esters is 1. The molecule has 10 nitrogen and oxygen atoms in total. The third-order valence-corrected chi connectivity index (χ3v) is 6.44. The molecule has 0 spiro atoms. The first kappa shape index (κ1) is 29.9. The topological polar surface area (TPSA) is 130 Å². The van der Waals surface area contributed by atoms with Gasteiger partial charge < -0.3 is 34.4 Å². The highest BCUT2D eigenvalue weighted by molar-refractivity contribution is 6.00. The Morgan fingerprint density at radius 1 is 1.18 bits per heavy atom. The van der Waals surface area contributed by atoms with Gasteiger partial charge in [-0.25, -0.2) is 4.79 Å². The van der Waals surface area contributed by atoms with Crippen LogP contribution in [0, 0.1) is 0 Å². The van der Waals surface area contributed by atoms with Crippen molar-refractivity contribution < 1.29 is 34.1 Å². The van der Waals surface area contributed by atoms with Gasteiger partial charge in [0.25, 0.3) is 5.91 Å². The number of phenolic OH excluding ortho intramolecular Hbond substituents is 2. The van der Waals surface area contributed by atoms with Crippen LogP contribution in [0.5, 0.6) is 11.5 Å². The number of amides is 1. The molecule has 2 aliphatic rings. The number of oxime groups is 1. The van der Waals surface area contributed by atoms with E-state index in [1.54, 1.807) is 17.9 Å². The third kappa shape index (κ3) is 9.86. The number of carbonyl (C=O) groups is 2. The van der Waals surface area contributed by atoms with Crippen LogP contribution in [0.25, 0.3) is 0 Å². The van der Waals surface area contributed by atoms with Crippen LogP contribution in [-0.2, 0) is 25.5 Å². The molecule has 3 rings (SSSR count). The zero-order chi connectivity index (χ0) is 28.0. The van der Waals surface area contributed by atoms with Gasteiger partial charge in [-0.15, -0.1) is 0 Å². The van der Waals surface area contributed by atoms with Crippen molar-refractivity contribution >= 4 is 24.3 Å². The normalized spacial score (nSPS) is 23.3. The lowest BCUT2D eigenvalue weighted by molar-refractivity contribution is -0.137. The lowest BCUT2D eigenvalue weighted by Crippen LogP contribution is -2.37. The number of aliphatic imine (C=N–C) groups is 1. The number of allylic oxidation sites excluding steroid dienone is 1. The Hall–Kier alpha value is -3.66. The number of rotatable bonds is 8. The molecule has 212 valence electrons. The molecule has 2 N–H and O–H groups in total. The van der Waals surface area contributed by atoms with Crippen molar-refractivity contribution in [3.8, 4) is 11.5 Å². The molecule has 1 saturated heterocycles. The minimum Gasteiger partial charge on any atom is -0.508 e. The Balaban J connectivity index is 1.85. The fraction of sp³-hybridized carbons (Fsp3) is 0.517. The lowest BCUT2D eigenvalue weighted by atomic mass is 9.99. The second kappa shape index (κ2) is 15.7. The summed E-state index contributed by atoms with van der Waals surface area (Å²) >= 11 is 0. The van der Waals surface area contributed by atoms with E-state index in [4.69, 9.17) is 14.3 Å². The summed E-state index contributed by atoms with van der Waals surface area (Å²) in [5.74, 6) is -1.44. The van der Waals surface area contributed by atoms with Crippen molar-refractivity contribution in [1.29, 1.82) is 0 Å². The van der Waals surface area contributed by atoms with Gasteiger partial charge in [0, 0.05) is 45.1 Å². The molecule has 2 aliphatic heterocycles. The van der Waals surface area contributed by atoms with Gasteiger partial charge in [0.15, 0.2) is 6.61 Å². The van der Waals surface area contributed by atoms with Crippen LogP contribution in [0.3, 0.4) is 0 Å². The number of ether oxygens (including phenoxy) is 2. The van der Waals surface area contributed by atoms with Gasteiger partial charge in [-0.1, -0.05) is 23.4 Å². The molecular weight excluding hydrogens is 502 g/mol. The van der Waals surface area contributed by atoms with E-state index in [0.29, 0.717) is 50.4 Å². The molecule has 2 heterocycles. The zero-order valence-corrected chi connectivity index (χ0v) is 22.6. The van der Waals surface area contributed by atoms with Crippen LogP contribution in [0.4, 0.5) is 0 Å². The predicted molar refractivity (Wildman–Crippen MR) is 148 cm³/mol. The van der Waals surface area contributed by atoms with Crippen LogP contribution in [0.15, 0.2) is 46.6 Å². The molecule has 0 bridgehead atoms. The summed E-state index contributed by atoms with van der Waals surface area (Å²) in [5.41, 5.74) is 0.656. The summed E-state index contributed by atoms with van der Waals surface area (Å²) in [4.78, 5) is 36.6. The molecular formula is C29H39N3O7. The number of carbonyl (C=O) groups excluding carboxylic acids is 2. The first-order valence-electron chi connectivity index (χ1n) is 13.5. The minimum atomic E-state index is -0.713. The van der Waals surface area contributed by atoms with Crippen LogP contribution in [-0.4, -0.2) is 84.5 Å². The minimum absolute atomic E-state index is 0.0432. The Bertz CT molecular complexity index is 1080. The summed E-state index contributed by atoms with van der Waals surface area (Å²) in [5, 5.41) is 24.8. The van der Waals surface area contributed by atoms with E-state index >= 15 is 0 Å². The van der Waals surface area contributed by atoms with E-state index in [2.05, 4.69) is 16.9 Å².